The molecule has 8 heteroatoms. The van der Waals surface area contributed by atoms with E-state index in [0.29, 0.717) is 24.6 Å². The lowest BCUT2D eigenvalue weighted by Gasteiger charge is -2.28. The minimum atomic E-state index is -0.364. The Hall–Kier alpha value is -1.99. The van der Waals surface area contributed by atoms with Gasteiger partial charge in [0.2, 0.25) is 5.82 Å². The molecule has 1 amide bonds. The molecule has 0 bridgehead atoms. The molecule has 144 valence electrons. The van der Waals surface area contributed by atoms with Gasteiger partial charge in [-0.05, 0) is 30.2 Å². The molecule has 2 rings (SSSR count). The molecule has 0 saturated carbocycles. The summed E-state index contributed by atoms with van der Waals surface area (Å²) in [6, 6.07) is 6.08. The highest BCUT2D eigenvalue weighted by Gasteiger charge is 2.26. The van der Waals surface area contributed by atoms with E-state index in [1.807, 2.05) is 27.7 Å². The average molecular weight is 384 g/mol. The Bertz CT molecular complexity index is 760. The molecule has 0 unspecified atom stereocenters. The summed E-state index contributed by atoms with van der Waals surface area (Å²) in [5.74, 6) is 0.0998. The zero-order chi connectivity index (χ0) is 18.8. The number of halogens is 2. The van der Waals surface area contributed by atoms with E-state index in [-0.39, 0.29) is 41.3 Å². The minimum absolute atomic E-state index is 0. The molecule has 0 atom stereocenters. The van der Waals surface area contributed by atoms with Crippen molar-refractivity contribution < 1.29 is 9.18 Å². The van der Waals surface area contributed by atoms with Gasteiger partial charge in [0.15, 0.2) is 0 Å². The third-order valence-electron chi connectivity index (χ3n) is 3.96. The van der Waals surface area contributed by atoms with Crippen LogP contribution in [0.25, 0.3) is 5.69 Å². The van der Waals surface area contributed by atoms with E-state index < -0.39 is 0 Å². The largest absolute Gasteiger partial charge is 0.338 e. The summed E-state index contributed by atoms with van der Waals surface area (Å²) in [6.45, 7) is 8.86. The number of amides is 1. The second-order valence-electron chi connectivity index (χ2n) is 7.37. The van der Waals surface area contributed by atoms with Gasteiger partial charge in [0, 0.05) is 19.5 Å². The number of nitrogens with two attached hydrogens (primary N) is 1. The summed E-state index contributed by atoms with van der Waals surface area (Å²) in [5, 5.41) is 4.34. The fourth-order valence-electron chi connectivity index (χ4n) is 2.54. The molecular weight excluding hydrogens is 357 g/mol. The summed E-state index contributed by atoms with van der Waals surface area (Å²) >= 11 is 0. The van der Waals surface area contributed by atoms with E-state index in [0.717, 1.165) is 0 Å². The van der Waals surface area contributed by atoms with Crippen LogP contribution in [0.1, 0.15) is 50.1 Å². The third-order valence-corrected chi connectivity index (χ3v) is 3.96. The zero-order valence-electron chi connectivity index (χ0n) is 15.9. The highest BCUT2D eigenvalue weighted by molar-refractivity contribution is 5.90. The van der Waals surface area contributed by atoms with Crippen LogP contribution >= 0.6 is 12.4 Å². The fourth-order valence-corrected chi connectivity index (χ4v) is 2.54. The van der Waals surface area contributed by atoms with Crippen molar-refractivity contribution in [3.8, 4) is 5.69 Å². The normalized spacial score (nSPS) is 11.4. The number of aromatic nitrogens is 3. The number of rotatable bonds is 6. The van der Waals surface area contributed by atoms with Crippen LogP contribution in [0.5, 0.6) is 0 Å². The molecule has 1 heterocycles. The number of carbonyl (C=O) groups excluding carboxylic acids is 1. The quantitative estimate of drug-likeness (QED) is 0.831. The van der Waals surface area contributed by atoms with Gasteiger partial charge in [-0.3, -0.25) is 4.79 Å². The molecule has 1 aromatic heterocycles. The lowest BCUT2D eigenvalue weighted by molar-refractivity contribution is 0.0728. The molecule has 26 heavy (non-hydrogen) atoms. The van der Waals surface area contributed by atoms with Crippen LogP contribution in [0.2, 0.25) is 0 Å². The molecule has 2 aromatic rings. The molecule has 0 saturated heterocycles. The first-order valence-electron chi connectivity index (χ1n) is 8.33. The van der Waals surface area contributed by atoms with E-state index in [4.69, 9.17) is 5.73 Å². The number of nitrogens with zero attached hydrogens (tertiary/aromatic N) is 4. The van der Waals surface area contributed by atoms with Gasteiger partial charge in [0.1, 0.15) is 11.6 Å². The molecule has 6 nitrogen and oxygen atoms in total. The van der Waals surface area contributed by atoms with E-state index in [1.165, 1.54) is 16.8 Å². The topological polar surface area (TPSA) is 77.0 Å². The standard InChI is InChI=1S/C18H26FN5O.ClH/c1-12(2)16-21-15(17(25)23(5)11-18(3,4)10-20)22-24(16)14-8-6-7-13(19)9-14;/h6-9,12H,10-11,20H2,1-5H3;1H. The van der Waals surface area contributed by atoms with Crippen LogP contribution in [-0.2, 0) is 0 Å². The van der Waals surface area contributed by atoms with E-state index in [9.17, 15) is 9.18 Å². The van der Waals surface area contributed by atoms with Gasteiger partial charge in [0.25, 0.3) is 5.91 Å². The van der Waals surface area contributed by atoms with Crippen molar-refractivity contribution in [3.05, 3.63) is 41.7 Å². The smallest absolute Gasteiger partial charge is 0.293 e. The molecule has 0 fully saturated rings. The molecule has 2 N–H and O–H groups in total. The maximum atomic E-state index is 13.6. The minimum Gasteiger partial charge on any atom is -0.338 e. The first-order chi connectivity index (χ1) is 11.6. The van der Waals surface area contributed by atoms with Gasteiger partial charge >= 0.3 is 0 Å². The molecule has 1 aromatic carbocycles. The summed E-state index contributed by atoms with van der Waals surface area (Å²) < 4.78 is 15.1. The molecule has 0 radical (unpaired) electrons. The predicted molar refractivity (Wildman–Crippen MR) is 102 cm³/mol. The average Bonchev–Trinajstić information content (AvgIpc) is 2.99. The number of carbonyl (C=O) groups is 1. The van der Waals surface area contributed by atoms with Crippen LogP contribution in [0.4, 0.5) is 4.39 Å². The monoisotopic (exact) mass is 383 g/mol. The molecule has 0 aliphatic heterocycles. The third kappa shape index (κ3) is 5.02. The van der Waals surface area contributed by atoms with Crippen LogP contribution in [0.15, 0.2) is 24.3 Å². The van der Waals surface area contributed by atoms with Crippen molar-refractivity contribution in [1.29, 1.82) is 0 Å². The van der Waals surface area contributed by atoms with Crippen LogP contribution in [-0.4, -0.2) is 45.7 Å². The Morgan fingerprint density at radius 3 is 2.58 bits per heavy atom. The zero-order valence-corrected chi connectivity index (χ0v) is 16.7. The van der Waals surface area contributed by atoms with Crippen LogP contribution < -0.4 is 5.73 Å². The first kappa shape index (κ1) is 22.1. The fraction of sp³-hybridized carbons (Fsp3) is 0.500. The second-order valence-corrected chi connectivity index (χ2v) is 7.37. The maximum absolute atomic E-state index is 13.6. The van der Waals surface area contributed by atoms with Gasteiger partial charge in [-0.1, -0.05) is 33.8 Å². The van der Waals surface area contributed by atoms with Gasteiger partial charge in [-0.2, -0.15) is 0 Å². The van der Waals surface area contributed by atoms with Gasteiger partial charge in [-0.25, -0.2) is 14.1 Å². The lowest BCUT2D eigenvalue weighted by atomic mass is 9.93. The Morgan fingerprint density at radius 1 is 1.38 bits per heavy atom. The van der Waals surface area contributed by atoms with Crippen molar-refractivity contribution in [2.24, 2.45) is 11.1 Å². The number of benzene rings is 1. The van der Waals surface area contributed by atoms with Crippen LogP contribution in [0, 0.1) is 11.2 Å². The van der Waals surface area contributed by atoms with Crippen molar-refractivity contribution in [3.63, 3.8) is 0 Å². The Balaban J connectivity index is 0.00000338. The van der Waals surface area contributed by atoms with Crippen molar-refractivity contribution in [2.45, 2.75) is 33.6 Å². The lowest BCUT2D eigenvalue weighted by Crippen LogP contribution is -2.40. The summed E-state index contributed by atoms with van der Waals surface area (Å²) in [5.41, 5.74) is 6.09. The van der Waals surface area contributed by atoms with Crippen LogP contribution in [0.3, 0.4) is 0 Å². The molecular formula is C18H27ClFN5O. The van der Waals surface area contributed by atoms with E-state index in [2.05, 4.69) is 10.1 Å². The van der Waals surface area contributed by atoms with Crippen molar-refractivity contribution in [1.82, 2.24) is 19.7 Å². The van der Waals surface area contributed by atoms with Crippen molar-refractivity contribution >= 4 is 18.3 Å². The number of hydrogen-bond acceptors (Lipinski definition) is 4. The first-order valence-corrected chi connectivity index (χ1v) is 8.33. The van der Waals surface area contributed by atoms with E-state index >= 15 is 0 Å². The summed E-state index contributed by atoms with van der Waals surface area (Å²) in [6.07, 6.45) is 0. The molecule has 0 aliphatic carbocycles. The maximum Gasteiger partial charge on any atom is 0.293 e. The summed E-state index contributed by atoms with van der Waals surface area (Å²) in [7, 11) is 1.71. The van der Waals surface area contributed by atoms with E-state index in [1.54, 1.807) is 24.1 Å². The molecule has 0 aliphatic rings. The SMILES string of the molecule is CC(C)c1nc(C(=O)N(C)CC(C)(C)CN)nn1-c1cccc(F)c1.Cl. The van der Waals surface area contributed by atoms with Gasteiger partial charge in [0.05, 0.1) is 5.69 Å². The highest BCUT2D eigenvalue weighted by Crippen LogP contribution is 2.20. The van der Waals surface area contributed by atoms with Gasteiger partial charge < -0.3 is 10.6 Å². The molecule has 0 spiro atoms. The Kier molecular flexibility index (Phi) is 7.29. The Morgan fingerprint density at radius 2 is 2.04 bits per heavy atom. The summed E-state index contributed by atoms with van der Waals surface area (Å²) in [4.78, 5) is 18.7. The second kappa shape index (κ2) is 8.60. The number of hydrogen-bond donors (Lipinski definition) is 1. The van der Waals surface area contributed by atoms with Crippen molar-refractivity contribution in [2.75, 3.05) is 20.1 Å². The van der Waals surface area contributed by atoms with Gasteiger partial charge in [-0.15, -0.1) is 17.5 Å². The Labute approximate surface area is 160 Å². The predicted octanol–water partition coefficient (Wildman–Crippen LogP) is 3.01. The highest BCUT2D eigenvalue weighted by atomic mass is 35.5.